The van der Waals surface area contributed by atoms with E-state index in [0.29, 0.717) is 22.5 Å². The van der Waals surface area contributed by atoms with Crippen LogP contribution < -0.4 is 0 Å². The van der Waals surface area contributed by atoms with Gasteiger partial charge in [0.15, 0.2) is 17.4 Å². The van der Waals surface area contributed by atoms with Crippen LogP contribution in [0.2, 0.25) is 5.15 Å². The number of rotatable bonds is 2. The molecule has 0 bridgehead atoms. The number of phenols is 1. The van der Waals surface area contributed by atoms with Crippen LogP contribution in [0.1, 0.15) is 37.3 Å². The molecular weight excluding hydrogens is 406 g/mol. The van der Waals surface area contributed by atoms with E-state index in [4.69, 9.17) is 11.6 Å². The van der Waals surface area contributed by atoms with Crippen molar-refractivity contribution in [2.24, 2.45) is 0 Å². The van der Waals surface area contributed by atoms with Gasteiger partial charge >= 0.3 is 0 Å². The number of phenolic OH excluding ortho intramolecular Hbond substituents is 1. The molecule has 21 heavy (non-hydrogen) atoms. The fourth-order valence-electron chi connectivity index (χ4n) is 2.68. The van der Waals surface area contributed by atoms with Gasteiger partial charge in [-0.05, 0) is 53.6 Å². The molecule has 3 rings (SSSR count). The molecule has 1 heterocycles. The Labute approximate surface area is 140 Å². The maximum atomic E-state index is 13.5. The lowest BCUT2D eigenvalue weighted by Gasteiger charge is -2.13. The molecule has 0 amide bonds. The van der Waals surface area contributed by atoms with Crippen molar-refractivity contribution in [2.45, 2.75) is 31.6 Å². The Hall–Kier alpha value is -0.950. The highest BCUT2D eigenvalue weighted by Crippen LogP contribution is 2.38. The lowest BCUT2D eigenvalue weighted by atomic mass is 10.0. The molecule has 1 N–H and O–H groups in total. The zero-order valence-corrected chi connectivity index (χ0v) is 14.0. The van der Waals surface area contributed by atoms with Gasteiger partial charge in [0.2, 0.25) is 0 Å². The second kappa shape index (κ2) is 6.04. The molecule has 0 unspecified atom stereocenters. The maximum absolute atomic E-state index is 13.5. The molecule has 2 aromatic rings. The van der Waals surface area contributed by atoms with E-state index in [1.165, 1.54) is 25.0 Å². The van der Waals surface area contributed by atoms with Crippen molar-refractivity contribution in [1.29, 1.82) is 0 Å². The van der Waals surface area contributed by atoms with Gasteiger partial charge in [-0.15, -0.1) is 0 Å². The smallest absolute Gasteiger partial charge is 0.165 e. The summed E-state index contributed by atoms with van der Waals surface area (Å²) in [5, 5.41) is 9.67. The highest BCUT2D eigenvalue weighted by Gasteiger charge is 2.23. The summed E-state index contributed by atoms with van der Waals surface area (Å²) in [4.78, 5) is 8.85. The van der Waals surface area contributed by atoms with Crippen LogP contribution in [-0.2, 0) is 0 Å². The van der Waals surface area contributed by atoms with Crippen LogP contribution in [0.25, 0.3) is 11.4 Å². The molecule has 0 atom stereocenters. The van der Waals surface area contributed by atoms with Crippen molar-refractivity contribution >= 4 is 34.2 Å². The summed E-state index contributed by atoms with van der Waals surface area (Å²) in [6.07, 6.45) is 4.61. The van der Waals surface area contributed by atoms with E-state index in [2.05, 4.69) is 32.6 Å². The van der Waals surface area contributed by atoms with Crippen molar-refractivity contribution in [3.8, 4) is 17.1 Å². The van der Waals surface area contributed by atoms with Crippen LogP contribution in [0, 0.1) is 9.39 Å². The van der Waals surface area contributed by atoms with Crippen molar-refractivity contribution in [1.82, 2.24) is 9.97 Å². The van der Waals surface area contributed by atoms with Crippen molar-refractivity contribution in [2.75, 3.05) is 0 Å². The van der Waals surface area contributed by atoms with Gasteiger partial charge in [-0.2, -0.15) is 0 Å². The first-order chi connectivity index (χ1) is 10.1. The highest BCUT2D eigenvalue weighted by molar-refractivity contribution is 14.1. The van der Waals surface area contributed by atoms with Crippen molar-refractivity contribution in [3.05, 3.63) is 38.4 Å². The molecule has 6 heteroatoms. The minimum atomic E-state index is -0.687. The van der Waals surface area contributed by atoms with Gasteiger partial charge in [-0.1, -0.05) is 24.4 Å². The van der Waals surface area contributed by atoms with Crippen LogP contribution in [0.4, 0.5) is 4.39 Å². The molecule has 1 aromatic carbocycles. The summed E-state index contributed by atoms with van der Waals surface area (Å²) < 4.78 is 14.4. The molecule has 1 saturated carbocycles. The van der Waals surface area contributed by atoms with Crippen LogP contribution >= 0.6 is 34.2 Å². The minimum Gasteiger partial charge on any atom is -0.505 e. The third-order valence-electron chi connectivity index (χ3n) is 3.78. The summed E-state index contributed by atoms with van der Waals surface area (Å²) >= 11 is 8.39. The van der Waals surface area contributed by atoms with Crippen LogP contribution in [0.5, 0.6) is 5.75 Å². The number of benzene rings is 1. The number of halogens is 3. The van der Waals surface area contributed by atoms with Crippen LogP contribution in [0.15, 0.2) is 18.2 Å². The molecule has 1 aliphatic carbocycles. The first kappa shape index (κ1) is 15.0. The van der Waals surface area contributed by atoms with Gasteiger partial charge in [0, 0.05) is 11.5 Å². The molecule has 1 aromatic heterocycles. The fraction of sp³-hybridized carbons (Fsp3) is 0.333. The zero-order chi connectivity index (χ0) is 15.0. The Morgan fingerprint density at radius 2 is 1.95 bits per heavy atom. The quantitative estimate of drug-likeness (QED) is 0.557. The van der Waals surface area contributed by atoms with E-state index >= 15 is 0 Å². The van der Waals surface area contributed by atoms with E-state index in [9.17, 15) is 9.50 Å². The monoisotopic (exact) mass is 418 g/mol. The van der Waals surface area contributed by atoms with Gasteiger partial charge in [0.1, 0.15) is 5.15 Å². The zero-order valence-electron chi connectivity index (χ0n) is 11.1. The number of aromatic hydroxyl groups is 1. The van der Waals surface area contributed by atoms with Crippen LogP contribution in [-0.4, -0.2) is 15.1 Å². The van der Waals surface area contributed by atoms with Gasteiger partial charge < -0.3 is 5.11 Å². The summed E-state index contributed by atoms with van der Waals surface area (Å²) in [5.41, 5.74) is 1.47. The molecule has 0 saturated heterocycles. The predicted octanol–water partition coefficient (Wildman–Crippen LogP) is 4.90. The first-order valence-corrected chi connectivity index (χ1v) is 8.23. The fourth-order valence-corrected chi connectivity index (χ4v) is 3.54. The van der Waals surface area contributed by atoms with Gasteiger partial charge in [0.25, 0.3) is 0 Å². The van der Waals surface area contributed by atoms with Crippen molar-refractivity contribution in [3.63, 3.8) is 0 Å². The number of aromatic nitrogens is 2. The third kappa shape index (κ3) is 2.99. The topological polar surface area (TPSA) is 46.0 Å². The molecule has 0 spiro atoms. The average Bonchev–Trinajstić information content (AvgIpc) is 2.98. The Morgan fingerprint density at radius 3 is 2.62 bits per heavy atom. The van der Waals surface area contributed by atoms with Crippen molar-refractivity contribution < 1.29 is 9.50 Å². The lowest BCUT2D eigenvalue weighted by molar-refractivity contribution is 0.432. The highest BCUT2D eigenvalue weighted by atomic mass is 127. The second-order valence-electron chi connectivity index (χ2n) is 5.18. The number of hydrogen-bond donors (Lipinski definition) is 1. The average molecular weight is 419 g/mol. The molecule has 0 aliphatic heterocycles. The van der Waals surface area contributed by atoms with E-state index in [1.54, 1.807) is 6.07 Å². The normalized spacial score (nSPS) is 15.6. The number of nitrogens with zero attached hydrogens (tertiary/aromatic N) is 2. The Balaban J connectivity index is 2.08. The maximum Gasteiger partial charge on any atom is 0.165 e. The van der Waals surface area contributed by atoms with E-state index in [0.717, 1.165) is 22.1 Å². The van der Waals surface area contributed by atoms with E-state index in [1.807, 2.05) is 0 Å². The molecule has 1 aliphatic rings. The number of hydrogen-bond acceptors (Lipinski definition) is 3. The second-order valence-corrected chi connectivity index (χ2v) is 6.62. The van der Waals surface area contributed by atoms with Crippen LogP contribution in [0.3, 0.4) is 0 Å². The molecule has 1 fully saturated rings. The Kier molecular flexibility index (Phi) is 4.31. The van der Waals surface area contributed by atoms with Gasteiger partial charge in [-0.25, -0.2) is 14.4 Å². The van der Waals surface area contributed by atoms with Gasteiger partial charge in [0.05, 0.1) is 9.26 Å². The standard InChI is InChI=1S/C15H13ClFIN2O/c16-14-12(18)13(8-3-1-2-4-8)19-15(20-14)9-5-6-11(21)10(17)7-9/h5-8,21H,1-4H2. The predicted molar refractivity (Wildman–Crippen MR) is 88.0 cm³/mol. The third-order valence-corrected chi connectivity index (χ3v) is 5.44. The summed E-state index contributed by atoms with van der Waals surface area (Å²) in [5.74, 6) is -0.265. The van der Waals surface area contributed by atoms with Gasteiger partial charge in [-0.3, -0.25) is 0 Å². The molecular formula is C15H13ClFIN2O. The first-order valence-electron chi connectivity index (χ1n) is 6.78. The molecule has 110 valence electrons. The SMILES string of the molecule is Oc1ccc(-c2nc(Cl)c(I)c(C3CCCC3)n2)cc1F. The summed E-state index contributed by atoms with van der Waals surface area (Å²) in [7, 11) is 0. The lowest BCUT2D eigenvalue weighted by Crippen LogP contribution is -2.04. The molecule has 0 radical (unpaired) electrons. The minimum absolute atomic E-state index is 0.383. The largest absolute Gasteiger partial charge is 0.505 e. The molecule has 3 nitrogen and oxygen atoms in total. The Morgan fingerprint density at radius 1 is 1.24 bits per heavy atom. The summed E-state index contributed by atoms with van der Waals surface area (Å²) in [6.45, 7) is 0. The van der Waals surface area contributed by atoms with E-state index in [-0.39, 0.29) is 5.75 Å². The Bertz CT molecular complexity index is 690. The van der Waals surface area contributed by atoms with E-state index < -0.39 is 5.82 Å². The summed E-state index contributed by atoms with van der Waals surface area (Å²) in [6, 6.07) is 4.12.